The number of ether oxygens (including phenoxy) is 1. The van der Waals surface area contributed by atoms with Crippen molar-refractivity contribution in [2.75, 3.05) is 12.3 Å². The minimum Gasteiger partial charge on any atom is -0.491 e. The highest BCUT2D eigenvalue weighted by Gasteiger charge is 2.26. The molecule has 0 aromatic heterocycles. The number of nitrogen functional groups attached to an aromatic ring is 1. The van der Waals surface area contributed by atoms with E-state index in [1.807, 2.05) is 0 Å². The van der Waals surface area contributed by atoms with E-state index in [9.17, 15) is 17.6 Å². The van der Waals surface area contributed by atoms with Crippen molar-refractivity contribution in [1.29, 1.82) is 0 Å². The molecule has 0 fully saturated rings. The normalized spacial score (nSPS) is 11.5. The quantitative estimate of drug-likeness (QED) is 0.496. The molecule has 0 aliphatic rings. The Morgan fingerprint density at radius 1 is 1.25 bits per heavy atom. The van der Waals surface area contributed by atoms with Crippen LogP contribution in [0.1, 0.15) is 12.8 Å². The zero-order valence-electron chi connectivity index (χ0n) is 8.35. The maximum Gasteiger partial charge on any atom is 0.389 e. The van der Waals surface area contributed by atoms with Crippen LogP contribution in [0.3, 0.4) is 0 Å². The first-order valence-corrected chi connectivity index (χ1v) is 4.63. The Morgan fingerprint density at radius 3 is 2.56 bits per heavy atom. The van der Waals surface area contributed by atoms with Gasteiger partial charge in [-0.3, -0.25) is 0 Å². The van der Waals surface area contributed by atoms with E-state index in [0.717, 1.165) is 12.1 Å². The van der Waals surface area contributed by atoms with Crippen molar-refractivity contribution in [3.05, 3.63) is 24.0 Å². The molecule has 0 aliphatic heterocycles. The van der Waals surface area contributed by atoms with Crippen LogP contribution in [0.5, 0.6) is 5.75 Å². The third kappa shape index (κ3) is 4.37. The van der Waals surface area contributed by atoms with Gasteiger partial charge in [0, 0.05) is 12.5 Å². The van der Waals surface area contributed by atoms with Gasteiger partial charge in [0.15, 0.2) is 0 Å². The zero-order valence-corrected chi connectivity index (χ0v) is 8.35. The monoisotopic (exact) mass is 237 g/mol. The van der Waals surface area contributed by atoms with Crippen molar-refractivity contribution in [2.24, 2.45) is 0 Å². The van der Waals surface area contributed by atoms with Crippen LogP contribution in [0.25, 0.3) is 0 Å². The Kier molecular flexibility index (Phi) is 3.98. The summed E-state index contributed by atoms with van der Waals surface area (Å²) in [6.45, 7) is -0.146. The summed E-state index contributed by atoms with van der Waals surface area (Å²) in [4.78, 5) is 0. The maximum atomic E-state index is 12.7. The molecule has 1 aromatic carbocycles. The molecular formula is C10H11F4NO. The topological polar surface area (TPSA) is 35.2 Å². The second-order valence-corrected chi connectivity index (χ2v) is 3.25. The van der Waals surface area contributed by atoms with Crippen molar-refractivity contribution in [3.63, 3.8) is 0 Å². The maximum absolute atomic E-state index is 12.7. The summed E-state index contributed by atoms with van der Waals surface area (Å²) < 4.78 is 53.0. The van der Waals surface area contributed by atoms with Crippen molar-refractivity contribution < 1.29 is 22.3 Å². The van der Waals surface area contributed by atoms with Gasteiger partial charge in [0.25, 0.3) is 0 Å². The summed E-state index contributed by atoms with van der Waals surface area (Å²) in [5.41, 5.74) is 5.65. The second kappa shape index (κ2) is 5.05. The summed E-state index contributed by atoms with van der Waals surface area (Å²) in [6, 6.07) is 3.50. The molecule has 0 aliphatic carbocycles. The molecule has 2 nitrogen and oxygen atoms in total. The first kappa shape index (κ1) is 12.6. The van der Waals surface area contributed by atoms with E-state index < -0.39 is 18.4 Å². The molecule has 1 rings (SSSR count). The first-order chi connectivity index (χ1) is 7.38. The van der Waals surface area contributed by atoms with Gasteiger partial charge in [0.05, 0.1) is 12.3 Å². The molecule has 1 aromatic rings. The van der Waals surface area contributed by atoms with Crippen LogP contribution >= 0.6 is 0 Å². The Balaban J connectivity index is 2.40. The Labute approximate surface area is 90.0 Å². The molecule has 0 unspecified atom stereocenters. The highest BCUT2D eigenvalue weighted by atomic mass is 19.4. The fourth-order valence-corrected chi connectivity index (χ4v) is 1.09. The van der Waals surface area contributed by atoms with Gasteiger partial charge in [0.2, 0.25) is 0 Å². The SMILES string of the molecule is Nc1ccc(F)cc1OCCCC(F)(F)F. The van der Waals surface area contributed by atoms with Gasteiger partial charge in [-0.1, -0.05) is 0 Å². The third-order valence-electron chi connectivity index (χ3n) is 1.84. The lowest BCUT2D eigenvalue weighted by Gasteiger charge is -2.09. The molecule has 0 radical (unpaired) electrons. The standard InChI is InChI=1S/C10H11F4NO/c11-7-2-3-8(15)9(6-7)16-5-1-4-10(12,13)14/h2-3,6H,1,4-5,15H2. The molecule has 2 N–H and O–H groups in total. The lowest BCUT2D eigenvalue weighted by Crippen LogP contribution is -2.10. The van der Waals surface area contributed by atoms with Gasteiger partial charge in [0.1, 0.15) is 11.6 Å². The van der Waals surface area contributed by atoms with E-state index in [1.54, 1.807) is 0 Å². The minimum absolute atomic E-state index is 0.0715. The van der Waals surface area contributed by atoms with Gasteiger partial charge < -0.3 is 10.5 Å². The van der Waals surface area contributed by atoms with Crippen molar-refractivity contribution in [3.8, 4) is 5.75 Å². The number of alkyl halides is 3. The number of halogens is 4. The molecule has 0 bridgehead atoms. The highest BCUT2D eigenvalue weighted by Crippen LogP contribution is 2.24. The average molecular weight is 237 g/mol. The van der Waals surface area contributed by atoms with Crippen molar-refractivity contribution in [1.82, 2.24) is 0 Å². The first-order valence-electron chi connectivity index (χ1n) is 4.63. The number of hydrogen-bond acceptors (Lipinski definition) is 2. The number of hydrogen-bond donors (Lipinski definition) is 1. The van der Waals surface area contributed by atoms with Crippen LogP contribution in [-0.2, 0) is 0 Å². The summed E-state index contributed by atoms with van der Waals surface area (Å²) in [5, 5.41) is 0. The number of anilines is 1. The smallest absolute Gasteiger partial charge is 0.389 e. The molecule has 0 saturated carbocycles. The van der Waals surface area contributed by atoms with Gasteiger partial charge >= 0.3 is 6.18 Å². The van der Waals surface area contributed by atoms with E-state index in [-0.39, 0.29) is 24.5 Å². The van der Waals surface area contributed by atoms with Gasteiger partial charge in [-0.2, -0.15) is 13.2 Å². The highest BCUT2D eigenvalue weighted by molar-refractivity contribution is 5.52. The summed E-state index contributed by atoms with van der Waals surface area (Å²) >= 11 is 0. The number of rotatable bonds is 4. The lowest BCUT2D eigenvalue weighted by atomic mass is 10.3. The minimum atomic E-state index is -4.20. The molecule has 0 heterocycles. The lowest BCUT2D eigenvalue weighted by molar-refractivity contribution is -0.136. The van der Waals surface area contributed by atoms with Crippen molar-refractivity contribution in [2.45, 2.75) is 19.0 Å². The summed E-state index contributed by atoms with van der Waals surface area (Å²) in [6.07, 6.45) is -5.31. The van der Waals surface area contributed by atoms with Crippen LogP contribution in [0, 0.1) is 5.82 Å². The van der Waals surface area contributed by atoms with Gasteiger partial charge in [-0.25, -0.2) is 4.39 Å². The molecule has 0 saturated heterocycles. The molecule has 16 heavy (non-hydrogen) atoms. The molecule has 0 amide bonds. The third-order valence-corrected chi connectivity index (χ3v) is 1.84. The Morgan fingerprint density at radius 2 is 1.94 bits per heavy atom. The van der Waals surface area contributed by atoms with Gasteiger partial charge in [-0.05, 0) is 18.6 Å². The molecule has 0 spiro atoms. The van der Waals surface area contributed by atoms with Crippen LogP contribution in [0.15, 0.2) is 18.2 Å². The molecule has 6 heteroatoms. The largest absolute Gasteiger partial charge is 0.491 e. The van der Waals surface area contributed by atoms with Crippen molar-refractivity contribution >= 4 is 5.69 Å². The van der Waals surface area contributed by atoms with Crippen LogP contribution in [0.4, 0.5) is 23.2 Å². The van der Waals surface area contributed by atoms with Crippen LogP contribution in [0.2, 0.25) is 0 Å². The average Bonchev–Trinajstić information content (AvgIpc) is 2.16. The number of benzene rings is 1. The van der Waals surface area contributed by atoms with Crippen LogP contribution in [-0.4, -0.2) is 12.8 Å². The molecular weight excluding hydrogens is 226 g/mol. The van der Waals surface area contributed by atoms with Crippen LogP contribution < -0.4 is 10.5 Å². The van der Waals surface area contributed by atoms with E-state index in [1.165, 1.54) is 6.07 Å². The molecule has 0 atom stereocenters. The van der Waals surface area contributed by atoms with E-state index in [2.05, 4.69) is 0 Å². The number of nitrogens with two attached hydrogens (primary N) is 1. The second-order valence-electron chi connectivity index (χ2n) is 3.25. The van der Waals surface area contributed by atoms with E-state index >= 15 is 0 Å². The van der Waals surface area contributed by atoms with Gasteiger partial charge in [-0.15, -0.1) is 0 Å². The summed E-state index contributed by atoms with van der Waals surface area (Å²) in [5.74, 6) is -0.470. The predicted molar refractivity (Wildman–Crippen MR) is 51.6 cm³/mol. The zero-order chi connectivity index (χ0) is 12.2. The molecule has 90 valence electrons. The van der Waals surface area contributed by atoms with E-state index in [0.29, 0.717) is 0 Å². The Hall–Kier alpha value is -1.46. The fraction of sp³-hybridized carbons (Fsp3) is 0.400. The fourth-order valence-electron chi connectivity index (χ4n) is 1.09. The van der Waals surface area contributed by atoms with E-state index in [4.69, 9.17) is 10.5 Å². The predicted octanol–water partition coefficient (Wildman–Crippen LogP) is 3.13. The summed E-state index contributed by atoms with van der Waals surface area (Å²) in [7, 11) is 0. The Bertz CT molecular complexity index is 351.